The molecule has 3 aromatic carbocycles. The second-order valence-electron chi connectivity index (χ2n) is 9.12. The van der Waals surface area contributed by atoms with Gasteiger partial charge in [-0.2, -0.15) is 0 Å². The van der Waals surface area contributed by atoms with Gasteiger partial charge in [-0.25, -0.2) is 0 Å². The highest BCUT2D eigenvalue weighted by Gasteiger charge is 2.35. The largest absolute Gasteiger partial charge is 0.484 e. The second kappa shape index (κ2) is 11.1. The van der Waals surface area contributed by atoms with Crippen LogP contribution in [0.5, 0.6) is 17.2 Å². The predicted molar refractivity (Wildman–Crippen MR) is 144 cm³/mol. The Hall–Kier alpha value is -4.05. The van der Waals surface area contributed by atoms with E-state index in [-0.39, 0.29) is 37.5 Å². The van der Waals surface area contributed by atoms with Crippen molar-refractivity contribution in [3.05, 3.63) is 76.3 Å². The molecule has 3 aromatic rings. The van der Waals surface area contributed by atoms with E-state index in [1.165, 1.54) is 0 Å². The molecule has 10 heteroatoms. The Labute approximate surface area is 228 Å². The van der Waals surface area contributed by atoms with Crippen molar-refractivity contribution >= 4 is 45.0 Å². The second-order valence-corrected chi connectivity index (χ2v) is 9.98. The summed E-state index contributed by atoms with van der Waals surface area (Å²) in [6.45, 7) is 2.63. The van der Waals surface area contributed by atoms with Crippen molar-refractivity contribution in [1.29, 1.82) is 0 Å². The lowest BCUT2D eigenvalue weighted by Gasteiger charge is -2.17. The number of ether oxygens (including phenoxy) is 3. The molecule has 0 aliphatic carbocycles. The Bertz CT molecular complexity index is 1380. The molecular formula is C28H26BrN3O6. The molecule has 9 nitrogen and oxygen atoms in total. The molecule has 0 radical (unpaired) electrons. The summed E-state index contributed by atoms with van der Waals surface area (Å²) in [4.78, 5) is 39.3. The summed E-state index contributed by atoms with van der Waals surface area (Å²) in [7, 11) is 0. The number of nitrogens with zero attached hydrogens (tertiary/aromatic N) is 1. The van der Waals surface area contributed by atoms with Crippen LogP contribution in [0.3, 0.4) is 0 Å². The Balaban J connectivity index is 1.11. The number of amides is 3. The standard InChI is InChI=1S/C28H26BrN3O6/c1-17-2-8-23(22(29)10-17)31-26(33)15-36-21-6-4-20(5-7-21)32-14-19(12-27(32)34)28(35)30-13-18-3-9-24-25(11-18)38-16-37-24/h2-11,19H,12-16H2,1H3,(H,30,35)(H,31,33)/t19-/m0/s1. The molecule has 196 valence electrons. The van der Waals surface area contributed by atoms with Crippen molar-refractivity contribution in [2.24, 2.45) is 5.92 Å². The number of nitrogens with one attached hydrogen (secondary N) is 2. The zero-order valence-corrected chi connectivity index (χ0v) is 22.2. The van der Waals surface area contributed by atoms with Crippen LogP contribution in [0, 0.1) is 12.8 Å². The summed E-state index contributed by atoms with van der Waals surface area (Å²) in [5, 5.41) is 5.71. The van der Waals surface area contributed by atoms with Crippen LogP contribution in [0.25, 0.3) is 0 Å². The molecule has 0 spiro atoms. The molecule has 2 aliphatic rings. The van der Waals surface area contributed by atoms with Crippen molar-refractivity contribution in [1.82, 2.24) is 5.32 Å². The molecule has 1 saturated heterocycles. The van der Waals surface area contributed by atoms with Gasteiger partial charge in [0.1, 0.15) is 5.75 Å². The minimum atomic E-state index is -0.447. The van der Waals surface area contributed by atoms with E-state index in [4.69, 9.17) is 14.2 Å². The van der Waals surface area contributed by atoms with Crippen LogP contribution >= 0.6 is 15.9 Å². The molecule has 1 fully saturated rings. The van der Waals surface area contributed by atoms with E-state index in [1.807, 2.05) is 43.3 Å². The maximum absolute atomic E-state index is 12.7. The van der Waals surface area contributed by atoms with Gasteiger partial charge in [-0.3, -0.25) is 14.4 Å². The molecule has 5 rings (SSSR count). The fourth-order valence-corrected chi connectivity index (χ4v) is 4.89. The van der Waals surface area contributed by atoms with E-state index >= 15 is 0 Å². The molecule has 0 saturated carbocycles. The van der Waals surface area contributed by atoms with Gasteiger partial charge >= 0.3 is 0 Å². The number of fused-ring (bicyclic) bond motifs is 1. The van der Waals surface area contributed by atoms with Crippen molar-refractivity contribution in [3.63, 3.8) is 0 Å². The van der Waals surface area contributed by atoms with E-state index in [0.717, 1.165) is 15.6 Å². The number of carbonyl (C=O) groups excluding carboxylic acids is 3. The normalized spacial score (nSPS) is 15.9. The van der Waals surface area contributed by atoms with Gasteiger partial charge in [0.05, 0.1) is 11.6 Å². The number of benzene rings is 3. The average Bonchev–Trinajstić information content (AvgIpc) is 3.54. The lowest BCUT2D eigenvalue weighted by molar-refractivity contribution is -0.126. The molecule has 1 atom stereocenters. The van der Waals surface area contributed by atoms with E-state index in [2.05, 4.69) is 26.6 Å². The number of aryl methyl sites for hydroxylation is 1. The number of rotatable bonds is 8. The summed E-state index contributed by atoms with van der Waals surface area (Å²) in [5.74, 6) is 0.810. The minimum Gasteiger partial charge on any atom is -0.484 e. The number of anilines is 2. The summed E-state index contributed by atoms with van der Waals surface area (Å²) in [6.07, 6.45) is 0.139. The molecule has 3 amide bonds. The summed E-state index contributed by atoms with van der Waals surface area (Å²) >= 11 is 3.44. The maximum atomic E-state index is 12.7. The number of carbonyl (C=O) groups is 3. The van der Waals surface area contributed by atoms with Crippen molar-refractivity contribution < 1.29 is 28.6 Å². The van der Waals surface area contributed by atoms with Gasteiger partial charge in [0.25, 0.3) is 5.91 Å². The van der Waals surface area contributed by atoms with Crippen LogP contribution in [0.1, 0.15) is 17.5 Å². The Morgan fingerprint density at radius 1 is 1.05 bits per heavy atom. The van der Waals surface area contributed by atoms with Crippen molar-refractivity contribution in [2.75, 3.05) is 30.2 Å². The Morgan fingerprint density at radius 3 is 2.63 bits per heavy atom. The van der Waals surface area contributed by atoms with E-state index < -0.39 is 5.92 Å². The van der Waals surface area contributed by atoms with Gasteiger partial charge in [-0.1, -0.05) is 12.1 Å². The van der Waals surface area contributed by atoms with Gasteiger partial charge in [-0.05, 0) is 82.5 Å². The Kier molecular flexibility index (Phi) is 7.50. The highest BCUT2D eigenvalue weighted by Crippen LogP contribution is 2.32. The van der Waals surface area contributed by atoms with Crippen LogP contribution < -0.4 is 29.7 Å². The summed E-state index contributed by atoms with van der Waals surface area (Å²) in [5.41, 5.74) is 3.30. The van der Waals surface area contributed by atoms with Crippen LogP contribution in [-0.4, -0.2) is 37.7 Å². The monoisotopic (exact) mass is 579 g/mol. The molecule has 2 N–H and O–H groups in total. The van der Waals surface area contributed by atoms with Gasteiger partial charge in [0, 0.05) is 29.7 Å². The lowest BCUT2D eigenvalue weighted by Crippen LogP contribution is -2.32. The van der Waals surface area contributed by atoms with Crippen LogP contribution in [0.4, 0.5) is 11.4 Å². The molecule has 0 bridgehead atoms. The molecule has 0 unspecified atom stereocenters. The first-order chi connectivity index (χ1) is 18.4. The molecule has 2 aliphatic heterocycles. The third-order valence-electron chi connectivity index (χ3n) is 6.32. The predicted octanol–water partition coefficient (Wildman–Crippen LogP) is 4.17. The van der Waals surface area contributed by atoms with Crippen molar-refractivity contribution in [2.45, 2.75) is 19.9 Å². The van der Waals surface area contributed by atoms with Gasteiger partial charge in [-0.15, -0.1) is 0 Å². The zero-order valence-electron chi connectivity index (χ0n) is 20.7. The van der Waals surface area contributed by atoms with Crippen LogP contribution in [0.15, 0.2) is 65.1 Å². The minimum absolute atomic E-state index is 0.120. The van der Waals surface area contributed by atoms with Gasteiger partial charge < -0.3 is 29.7 Å². The summed E-state index contributed by atoms with van der Waals surface area (Å²) < 4.78 is 17.1. The lowest BCUT2D eigenvalue weighted by atomic mass is 10.1. The smallest absolute Gasteiger partial charge is 0.262 e. The maximum Gasteiger partial charge on any atom is 0.262 e. The van der Waals surface area contributed by atoms with E-state index in [0.29, 0.717) is 41.7 Å². The molecule has 0 aromatic heterocycles. The third-order valence-corrected chi connectivity index (χ3v) is 6.97. The molecule has 2 heterocycles. The first kappa shape index (κ1) is 25.6. The highest BCUT2D eigenvalue weighted by molar-refractivity contribution is 9.10. The van der Waals surface area contributed by atoms with E-state index in [9.17, 15) is 14.4 Å². The third kappa shape index (κ3) is 5.91. The highest BCUT2D eigenvalue weighted by atomic mass is 79.9. The number of hydrogen-bond donors (Lipinski definition) is 2. The molecule has 38 heavy (non-hydrogen) atoms. The van der Waals surface area contributed by atoms with E-state index in [1.54, 1.807) is 29.2 Å². The van der Waals surface area contributed by atoms with Gasteiger partial charge in [0.15, 0.2) is 18.1 Å². The molecular weight excluding hydrogens is 554 g/mol. The van der Waals surface area contributed by atoms with Gasteiger partial charge in [0.2, 0.25) is 18.6 Å². The average molecular weight is 580 g/mol. The quantitative estimate of drug-likeness (QED) is 0.415. The SMILES string of the molecule is Cc1ccc(NC(=O)COc2ccc(N3C[C@@H](C(=O)NCc4ccc5c(c4)OCO5)CC3=O)cc2)c(Br)c1. The van der Waals surface area contributed by atoms with Crippen LogP contribution in [-0.2, 0) is 20.9 Å². The zero-order chi connectivity index (χ0) is 26.6. The Morgan fingerprint density at radius 2 is 1.84 bits per heavy atom. The fraction of sp³-hybridized carbons (Fsp3) is 0.250. The topological polar surface area (TPSA) is 106 Å². The number of halogens is 1. The first-order valence-electron chi connectivity index (χ1n) is 12.1. The first-order valence-corrected chi connectivity index (χ1v) is 12.9. The van der Waals surface area contributed by atoms with Crippen molar-refractivity contribution in [3.8, 4) is 17.2 Å². The summed E-state index contributed by atoms with van der Waals surface area (Å²) in [6, 6.07) is 18.1. The number of hydrogen-bond acceptors (Lipinski definition) is 6. The fourth-order valence-electron chi connectivity index (χ4n) is 4.30. The van der Waals surface area contributed by atoms with Crippen LogP contribution in [0.2, 0.25) is 0 Å².